The number of carbonyl (C=O) groups excluding carboxylic acids is 4. The highest BCUT2D eigenvalue weighted by molar-refractivity contribution is 7.47. The second-order valence-corrected chi connectivity index (χ2v) is 31.3. The van der Waals surface area contributed by atoms with Crippen LogP contribution in [0.1, 0.15) is 389 Å². The van der Waals surface area contributed by atoms with Crippen LogP contribution in [0.15, 0.2) is 0 Å². The molecule has 0 saturated heterocycles. The van der Waals surface area contributed by atoms with Crippen molar-refractivity contribution in [1.82, 2.24) is 0 Å². The van der Waals surface area contributed by atoms with Gasteiger partial charge in [-0.15, -0.1) is 0 Å². The van der Waals surface area contributed by atoms with Gasteiger partial charge in [0.2, 0.25) is 0 Å². The maximum Gasteiger partial charge on any atom is 0.472 e. The summed E-state index contributed by atoms with van der Waals surface area (Å²) >= 11 is 0. The van der Waals surface area contributed by atoms with Gasteiger partial charge in [-0.05, 0) is 43.4 Å². The smallest absolute Gasteiger partial charge is 0.462 e. The fraction of sp³-hybridized carbons (Fsp3) is 0.947. The zero-order chi connectivity index (χ0) is 70.1. The van der Waals surface area contributed by atoms with Crippen LogP contribution in [0.3, 0.4) is 0 Å². The van der Waals surface area contributed by atoms with E-state index in [1.54, 1.807) is 0 Å². The molecule has 7 atom stereocenters. The van der Waals surface area contributed by atoms with E-state index in [1.165, 1.54) is 199 Å². The lowest BCUT2D eigenvalue weighted by Gasteiger charge is -2.21. The minimum atomic E-state index is -4.96. The molecule has 0 bridgehead atoms. The standard InChI is InChI=1S/C76H148O17P2/c1-8-11-12-13-14-28-35-43-50-57-73(78)86-64-72(93-76(81)60-53-46-39-38-42-49-56-69(7)10-3)66-91-95(84,85)89-62-70(77)61-88-94(82,83)90-65-71(92-75(80)59-52-45-37-32-27-23-17-15-16-20-24-29-33-40-47-54-67(4)5)63-87-74(79)58-51-44-36-31-26-22-19-18-21-25-30-34-41-48-55-68(6)9-2/h67-72,77H,8-66H2,1-7H3,(H,82,83)(H,84,85)/t68?,69?,70-,71-,72-/m1/s1. The molecule has 0 saturated carbocycles. The topological polar surface area (TPSA) is 237 Å². The number of rotatable bonds is 74. The van der Waals surface area contributed by atoms with E-state index in [1.807, 2.05) is 0 Å². The number of phosphoric ester groups is 2. The van der Waals surface area contributed by atoms with Crippen LogP contribution in [-0.4, -0.2) is 96.7 Å². The highest BCUT2D eigenvalue weighted by Crippen LogP contribution is 2.45. The lowest BCUT2D eigenvalue weighted by Crippen LogP contribution is -2.30. The van der Waals surface area contributed by atoms with Crippen LogP contribution in [0.25, 0.3) is 0 Å². The number of unbranched alkanes of at least 4 members (excludes halogenated alkanes) is 40. The van der Waals surface area contributed by atoms with Gasteiger partial charge in [0.25, 0.3) is 0 Å². The first-order valence-electron chi connectivity index (χ1n) is 39.4. The number of esters is 4. The van der Waals surface area contributed by atoms with E-state index in [-0.39, 0.29) is 25.7 Å². The van der Waals surface area contributed by atoms with Gasteiger partial charge in [0, 0.05) is 25.7 Å². The van der Waals surface area contributed by atoms with Crippen LogP contribution >= 0.6 is 15.6 Å². The Balaban J connectivity index is 5.21. The molecular weight excluding hydrogens is 1250 g/mol. The van der Waals surface area contributed by atoms with Crippen LogP contribution in [0, 0.1) is 17.8 Å². The van der Waals surface area contributed by atoms with E-state index < -0.39 is 97.5 Å². The molecule has 0 aliphatic carbocycles. The van der Waals surface area contributed by atoms with E-state index in [4.69, 9.17) is 37.0 Å². The third-order valence-corrected chi connectivity index (χ3v) is 20.3. The van der Waals surface area contributed by atoms with E-state index >= 15 is 0 Å². The fourth-order valence-electron chi connectivity index (χ4n) is 11.5. The molecule has 0 aromatic rings. The van der Waals surface area contributed by atoms with Crippen molar-refractivity contribution in [1.29, 1.82) is 0 Å². The minimum absolute atomic E-state index is 0.103. The number of hydrogen-bond donors (Lipinski definition) is 3. The summed E-state index contributed by atoms with van der Waals surface area (Å²) in [7, 11) is -9.91. The first-order valence-corrected chi connectivity index (χ1v) is 42.4. The molecule has 0 radical (unpaired) electrons. The van der Waals surface area contributed by atoms with Gasteiger partial charge in [-0.1, -0.05) is 337 Å². The Labute approximate surface area is 581 Å². The summed E-state index contributed by atoms with van der Waals surface area (Å²) in [5, 5.41) is 10.6. The Morgan fingerprint density at radius 1 is 0.305 bits per heavy atom. The average molecular weight is 1400 g/mol. The molecule has 17 nitrogen and oxygen atoms in total. The lowest BCUT2D eigenvalue weighted by molar-refractivity contribution is -0.161. The zero-order valence-electron chi connectivity index (χ0n) is 62.1. The molecule has 0 fully saturated rings. The molecule has 3 N–H and O–H groups in total. The Morgan fingerprint density at radius 3 is 0.800 bits per heavy atom. The molecule has 0 aromatic heterocycles. The van der Waals surface area contributed by atoms with Gasteiger partial charge in [-0.2, -0.15) is 0 Å². The van der Waals surface area contributed by atoms with Crippen molar-refractivity contribution in [2.45, 2.75) is 407 Å². The third-order valence-electron chi connectivity index (χ3n) is 18.4. The first kappa shape index (κ1) is 93.1. The summed E-state index contributed by atoms with van der Waals surface area (Å²) in [4.78, 5) is 72.7. The Bertz CT molecular complexity index is 1860. The maximum absolute atomic E-state index is 13.1. The molecule has 19 heteroatoms. The number of ether oxygens (including phenoxy) is 4. The van der Waals surface area contributed by atoms with Gasteiger partial charge in [0.1, 0.15) is 19.3 Å². The van der Waals surface area contributed by atoms with Gasteiger partial charge >= 0.3 is 39.5 Å². The summed E-state index contributed by atoms with van der Waals surface area (Å²) in [6.07, 6.45) is 52.8. The maximum atomic E-state index is 13.1. The van der Waals surface area contributed by atoms with Gasteiger partial charge in [-0.3, -0.25) is 37.3 Å². The van der Waals surface area contributed by atoms with E-state index in [0.717, 1.165) is 108 Å². The Morgan fingerprint density at radius 2 is 0.537 bits per heavy atom. The van der Waals surface area contributed by atoms with Gasteiger partial charge in [0.15, 0.2) is 12.2 Å². The van der Waals surface area contributed by atoms with Crippen LogP contribution in [-0.2, 0) is 65.4 Å². The van der Waals surface area contributed by atoms with E-state index in [2.05, 4.69) is 48.5 Å². The number of aliphatic hydroxyl groups excluding tert-OH is 1. The summed E-state index contributed by atoms with van der Waals surface area (Å²) in [6.45, 7) is 11.9. The summed E-state index contributed by atoms with van der Waals surface area (Å²) < 4.78 is 68.4. The Hall–Kier alpha value is -1.94. The molecule has 564 valence electrons. The van der Waals surface area contributed by atoms with Crippen LogP contribution in [0.4, 0.5) is 0 Å². The van der Waals surface area contributed by atoms with Crippen molar-refractivity contribution in [2.75, 3.05) is 39.6 Å². The molecule has 0 rings (SSSR count). The number of hydrogen-bond acceptors (Lipinski definition) is 15. The molecule has 0 amide bonds. The van der Waals surface area contributed by atoms with Gasteiger partial charge < -0.3 is 33.8 Å². The van der Waals surface area contributed by atoms with Crippen molar-refractivity contribution in [3.05, 3.63) is 0 Å². The van der Waals surface area contributed by atoms with Crippen LogP contribution in [0.2, 0.25) is 0 Å². The van der Waals surface area contributed by atoms with Crippen molar-refractivity contribution in [3.8, 4) is 0 Å². The quantitative estimate of drug-likeness (QED) is 0.0222. The monoisotopic (exact) mass is 1400 g/mol. The summed E-state index contributed by atoms with van der Waals surface area (Å²) in [5.74, 6) is 0.251. The van der Waals surface area contributed by atoms with Gasteiger partial charge in [0.05, 0.1) is 26.4 Å². The number of carbonyl (C=O) groups is 4. The molecule has 0 spiro atoms. The van der Waals surface area contributed by atoms with Crippen LogP contribution in [0.5, 0.6) is 0 Å². The molecule has 0 heterocycles. The normalized spacial score (nSPS) is 14.6. The predicted molar refractivity (Wildman–Crippen MR) is 386 cm³/mol. The van der Waals surface area contributed by atoms with Crippen molar-refractivity contribution < 1.29 is 80.2 Å². The largest absolute Gasteiger partial charge is 0.472 e. The minimum Gasteiger partial charge on any atom is -0.462 e. The molecule has 0 aliphatic heterocycles. The first-order chi connectivity index (χ1) is 45.8. The number of phosphoric acid groups is 2. The fourth-order valence-corrected chi connectivity index (χ4v) is 13.1. The van der Waals surface area contributed by atoms with E-state index in [9.17, 15) is 43.2 Å². The second-order valence-electron chi connectivity index (χ2n) is 28.4. The van der Waals surface area contributed by atoms with E-state index in [0.29, 0.717) is 25.7 Å². The SMILES string of the molecule is CCCCCCCCCCCC(=O)OC[C@H](COP(=O)(O)OC[C@H](O)COP(=O)(O)OC[C@@H](COC(=O)CCCCCCCCCCCCCCCCC(C)CC)OC(=O)CCCCCCCCCCCCCCCCCC(C)C)OC(=O)CCCCCCCCC(C)CC. The van der Waals surface area contributed by atoms with Gasteiger partial charge in [-0.25, -0.2) is 9.13 Å². The molecule has 4 unspecified atom stereocenters. The third kappa shape index (κ3) is 67.6. The highest BCUT2D eigenvalue weighted by Gasteiger charge is 2.30. The van der Waals surface area contributed by atoms with Crippen molar-refractivity contribution >= 4 is 39.5 Å². The molecule has 95 heavy (non-hydrogen) atoms. The summed E-state index contributed by atoms with van der Waals surface area (Å²) in [6, 6.07) is 0. The Kier molecular flexibility index (Phi) is 65.2. The van der Waals surface area contributed by atoms with Crippen LogP contribution < -0.4 is 0 Å². The summed E-state index contributed by atoms with van der Waals surface area (Å²) in [5.41, 5.74) is 0. The molecule has 0 aromatic carbocycles. The van der Waals surface area contributed by atoms with Crippen molar-refractivity contribution in [2.24, 2.45) is 17.8 Å². The molecule has 0 aliphatic rings. The number of aliphatic hydroxyl groups is 1. The van der Waals surface area contributed by atoms with Crippen molar-refractivity contribution in [3.63, 3.8) is 0 Å². The highest BCUT2D eigenvalue weighted by atomic mass is 31.2. The zero-order valence-corrected chi connectivity index (χ0v) is 63.9. The second kappa shape index (κ2) is 66.6. The average Bonchev–Trinajstić information content (AvgIpc) is 1.39. The predicted octanol–water partition coefficient (Wildman–Crippen LogP) is 22.2. The lowest BCUT2D eigenvalue weighted by atomic mass is 9.99. The molecular formula is C76H148O17P2.